The largest absolute Gasteiger partial charge is 0.486 e. The molecule has 1 aromatic heterocycles. The molecule has 112 valence electrons. The predicted molar refractivity (Wildman–Crippen MR) is 72.1 cm³/mol. The zero-order valence-corrected chi connectivity index (χ0v) is 11.5. The lowest BCUT2D eigenvalue weighted by molar-refractivity contribution is -0.137. The van der Waals surface area contributed by atoms with Crippen molar-refractivity contribution in [2.24, 2.45) is 0 Å². The van der Waals surface area contributed by atoms with Gasteiger partial charge in [-0.1, -0.05) is 0 Å². The minimum absolute atomic E-state index is 0.0850. The molecule has 0 fully saturated rings. The summed E-state index contributed by atoms with van der Waals surface area (Å²) < 4.78 is 42.7. The van der Waals surface area contributed by atoms with E-state index in [2.05, 4.69) is 15.3 Å². The third kappa shape index (κ3) is 4.08. The molecule has 0 aliphatic heterocycles. The molecule has 0 spiro atoms. The Kier molecular flexibility index (Phi) is 4.30. The van der Waals surface area contributed by atoms with Gasteiger partial charge in [0.2, 0.25) is 0 Å². The standard InChI is InChI=1S/C14H14F3N3O/c1-9-7-12(18-2)20-13(19-9)8-21-11-5-3-10(4-6-11)14(15,16)17/h3-7H,8H2,1-2H3,(H,18,19,20). The minimum atomic E-state index is -4.35. The van der Waals surface area contributed by atoms with Crippen molar-refractivity contribution in [2.45, 2.75) is 19.7 Å². The van der Waals surface area contributed by atoms with Gasteiger partial charge in [-0.2, -0.15) is 13.2 Å². The molecule has 0 saturated heterocycles. The van der Waals surface area contributed by atoms with Crippen LogP contribution < -0.4 is 10.1 Å². The maximum atomic E-state index is 12.4. The Labute approximate surface area is 120 Å². The maximum Gasteiger partial charge on any atom is 0.416 e. The molecular formula is C14H14F3N3O. The van der Waals surface area contributed by atoms with Crippen molar-refractivity contribution in [3.8, 4) is 5.75 Å². The number of hydrogen-bond donors (Lipinski definition) is 1. The Morgan fingerprint density at radius 1 is 1.14 bits per heavy atom. The molecule has 1 N–H and O–H groups in total. The van der Waals surface area contributed by atoms with Crippen LogP contribution in [0.25, 0.3) is 0 Å². The average molecular weight is 297 g/mol. The second kappa shape index (κ2) is 5.99. The Morgan fingerprint density at radius 2 is 1.81 bits per heavy atom. The lowest BCUT2D eigenvalue weighted by Crippen LogP contribution is -2.06. The molecule has 0 saturated carbocycles. The molecule has 0 aliphatic rings. The highest BCUT2D eigenvalue weighted by molar-refractivity contribution is 5.35. The summed E-state index contributed by atoms with van der Waals surface area (Å²) in [5, 5.41) is 2.90. The van der Waals surface area contributed by atoms with E-state index in [4.69, 9.17) is 4.74 Å². The van der Waals surface area contributed by atoms with Crippen molar-refractivity contribution in [2.75, 3.05) is 12.4 Å². The number of nitrogens with one attached hydrogen (secondary N) is 1. The lowest BCUT2D eigenvalue weighted by atomic mass is 10.2. The Bertz CT molecular complexity index is 612. The molecule has 1 aromatic carbocycles. The Hall–Kier alpha value is -2.31. The molecule has 0 radical (unpaired) electrons. The summed E-state index contributed by atoms with van der Waals surface area (Å²) in [5.41, 5.74) is 0.0690. The molecule has 21 heavy (non-hydrogen) atoms. The van der Waals surface area contributed by atoms with E-state index in [1.54, 1.807) is 13.1 Å². The van der Waals surface area contributed by atoms with Gasteiger partial charge >= 0.3 is 6.18 Å². The normalized spacial score (nSPS) is 11.3. The predicted octanol–water partition coefficient (Wildman–Crippen LogP) is 3.42. The number of rotatable bonds is 4. The van der Waals surface area contributed by atoms with Crippen LogP contribution in [0, 0.1) is 6.92 Å². The molecule has 4 nitrogen and oxygen atoms in total. The van der Waals surface area contributed by atoms with Gasteiger partial charge in [-0.3, -0.25) is 0 Å². The van der Waals surface area contributed by atoms with E-state index in [0.29, 0.717) is 17.4 Å². The van der Waals surface area contributed by atoms with Crippen molar-refractivity contribution in [3.63, 3.8) is 0 Å². The van der Waals surface area contributed by atoms with Crippen LogP contribution in [0.4, 0.5) is 19.0 Å². The van der Waals surface area contributed by atoms with Crippen molar-refractivity contribution < 1.29 is 17.9 Å². The highest BCUT2D eigenvalue weighted by Gasteiger charge is 2.29. The first-order valence-corrected chi connectivity index (χ1v) is 6.21. The van der Waals surface area contributed by atoms with Gasteiger partial charge in [0.15, 0.2) is 5.82 Å². The van der Waals surface area contributed by atoms with Crippen LogP contribution in [0.15, 0.2) is 30.3 Å². The summed E-state index contributed by atoms with van der Waals surface area (Å²) in [4.78, 5) is 8.39. The molecular weight excluding hydrogens is 283 g/mol. The van der Waals surface area contributed by atoms with E-state index in [1.807, 2.05) is 6.92 Å². The van der Waals surface area contributed by atoms with Crippen molar-refractivity contribution in [3.05, 3.63) is 47.4 Å². The molecule has 0 unspecified atom stereocenters. The number of ether oxygens (including phenoxy) is 1. The highest BCUT2D eigenvalue weighted by atomic mass is 19.4. The fourth-order valence-corrected chi connectivity index (χ4v) is 1.71. The summed E-state index contributed by atoms with van der Waals surface area (Å²) in [7, 11) is 1.74. The molecule has 7 heteroatoms. The number of halogens is 3. The van der Waals surface area contributed by atoms with Gasteiger partial charge in [-0.15, -0.1) is 0 Å². The molecule has 0 atom stereocenters. The van der Waals surface area contributed by atoms with Gasteiger partial charge in [0.25, 0.3) is 0 Å². The number of benzene rings is 1. The average Bonchev–Trinajstić information content (AvgIpc) is 2.44. The van der Waals surface area contributed by atoms with Gasteiger partial charge < -0.3 is 10.1 Å². The fourth-order valence-electron chi connectivity index (χ4n) is 1.71. The van der Waals surface area contributed by atoms with Crippen LogP contribution in [0.2, 0.25) is 0 Å². The molecule has 1 heterocycles. The second-order valence-corrected chi connectivity index (χ2v) is 4.37. The van der Waals surface area contributed by atoms with Crippen molar-refractivity contribution in [1.82, 2.24) is 9.97 Å². The summed E-state index contributed by atoms with van der Waals surface area (Å²) >= 11 is 0. The zero-order chi connectivity index (χ0) is 15.5. The second-order valence-electron chi connectivity index (χ2n) is 4.37. The summed E-state index contributed by atoms with van der Waals surface area (Å²) in [5.74, 6) is 1.45. The summed E-state index contributed by atoms with van der Waals surface area (Å²) in [6.45, 7) is 1.91. The third-order valence-corrected chi connectivity index (χ3v) is 2.71. The number of aromatic nitrogens is 2. The molecule has 2 rings (SSSR count). The van der Waals surface area contributed by atoms with E-state index in [0.717, 1.165) is 17.8 Å². The molecule has 0 bridgehead atoms. The van der Waals surface area contributed by atoms with Gasteiger partial charge in [-0.05, 0) is 31.2 Å². The van der Waals surface area contributed by atoms with Crippen LogP contribution in [0.3, 0.4) is 0 Å². The van der Waals surface area contributed by atoms with E-state index in [-0.39, 0.29) is 6.61 Å². The SMILES string of the molecule is CNc1cc(C)nc(COc2ccc(C(F)(F)F)cc2)n1. The number of hydrogen-bond acceptors (Lipinski definition) is 4. The van der Waals surface area contributed by atoms with Gasteiger partial charge in [-0.25, -0.2) is 9.97 Å². The monoisotopic (exact) mass is 297 g/mol. The first kappa shape index (κ1) is 15.1. The van der Waals surface area contributed by atoms with E-state index in [1.165, 1.54) is 12.1 Å². The van der Waals surface area contributed by atoms with Crippen LogP contribution in [-0.4, -0.2) is 17.0 Å². The Balaban J connectivity index is 2.05. The maximum absolute atomic E-state index is 12.4. The number of nitrogens with zero attached hydrogens (tertiary/aromatic N) is 2. The molecule has 2 aromatic rings. The van der Waals surface area contributed by atoms with Gasteiger partial charge in [0, 0.05) is 18.8 Å². The number of alkyl halides is 3. The van der Waals surface area contributed by atoms with Crippen LogP contribution in [0.1, 0.15) is 17.1 Å². The van der Waals surface area contributed by atoms with Crippen LogP contribution in [0.5, 0.6) is 5.75 Å². The van der Waals surface area contributed by atoms with Gasteiger partial charge in [0.05, 0.1) is 5.56 Å². The minimum Gasteiger partial charge on any atom is -0.486 e. The first-order chi connectivity index (χ1) is 9.88. The summed E-state index contributed by atoms with van der Waals surface area (Å²) in [6, 6.07) is 6.29. The van der Waals surface area contributed by atoms with E-state index in [9.17, 15) is 13.2 Å². The fraction of sp³-hybridized carbons (Fsp3) is 0.286. The van der Waals surface area contributed by atoms with Gasteiger partial charge in [0.1, 0.15) is 18.2 Å². The number of anilines is 1. The van der Waals surface area contributed by atoms with Crippen molar-refractivity contribution in [1.29, 1.82) is 0 Å². The van der Waals surface area contributed by atoms with E-state index < -0.39 is 11.7 Å². The smallest absolute Gasteiger partial charge is 0.416 e. The quantitative estimate of drug-likeness (QED) is 0.939. The number of aryl methyl sites for hydroxylation is 1. The third-order valence-electron chi connectivity index (χ3n) is 2.71. The molecule has 0 amide bonds. The van der Waals surface area contributed by atoms with E-state index >= 15 is 0 Å². The van der Waals surface area contributed by atoms with Crippen LogP contribution in [-0.2, 0) is 12.8 Å². The lowest BCUT2D eigenvalue weighted by Gasteiger charge is -2.09. The topological polar surface area (TPSA) is 47.0 Å². The zero-order valence-electron chi connectivity index (χ0n) is 11.5. The first-order valence-electron chi connectivity index (χ1n) is 6.21. The van der Waals surface area contributed by atoms with Crippen LogP contribution >= 0.6 is 0 Å². The molecule has 0 aliphatic carbocycles. The highest BCUT2D eigenvalue weighted by Crippen LogP contribution is 2.30. The summed E-state index contributed by atoms with van der Waals surface area (Å²) in [6.07, 6.45) is -4.35. The Morgan fingerprint density at radius 3 is 2.38 bits per heavy atom. The van der Waals surface area contributed by atoms with Crippen molar-refractivity contribution >= 4 is 5.82 Å².